The summed E-state index contributed by atoms with van der Waals surface area (Å²) in [6.07, 6.45) is 10.3. The maximum absolute atomic E-state index is 4.34. The van der Waals surface area contributed by atoms with Crippen LogP contribution in [0.4, 0.5) is 0 Å². The van der Waals surface area contributed by atoms with E-state index in [1.165, 1.54) is 10.6 Å². The number of nitrogens with zero attached hydrogens (tertiary/aromatic N) is 2. The minimum Gasteiger partial charge on any atom is -0.355 e. The molecule has 0 aromatic carbocycles. The van der Waals surface area contributed by atoms with Crippen molar-refractivity contribution in [3.63, 3.8) is 0 Å². The number of aromatic amines is 2. The zero-order chi connectivity index (χ0) is 11.9. The summed E-state index contributed by atoms with van der Waals surface area (Å²) in [6, 6.07) is 4.19. The highest BCUT2D eigenvalue weighted by molar-refractivity contribution is 5.88. The van der Waals surface area contributed by atoms with Gasteiger partial charge < -0.3 is 9.97 Å². The monoisotopic (exact) mass is 236 g/mol. The normalized spacial score (nSPS) is 14.0. The van der Waals surface area contributed by atoms with Gasteiger partial charge in [-0.2, -0.15) is 0 Å². The van der Waals surface area contributed by atoms with Crippen molar-refractivity contribution >= 4 is 23.3 Å². The van der Waals surface area contributed by atoms with E-state index in [9.17, 15) is 0 Å². The molecule has 4 rings (SSSR count). The molecule has 0 amide bonds. The van der Waals surface area contributed by atoms with E-state index in [1.807, 2.05) is 12.3 Å². The van der Waals surface area contributed by atoms with Gasteiger partial charge in [-0.3, -0.25) is 0 Å². The van der Waals surface area contributed by atoms with E-state index in [0.717, 1.165) is 35.3 Å². The summed E-state index contributed by atoms with van der Waals surface area (Å²) in [5.41, 5.74) is 3.94. The fraction of sp³-hybridized carbons (Fsp3) is 0.143. The summed E-state index contributed by atoms with van der Waals surface area (Å²) < 4.78 is 0. The molecule has 4 heteroatoms. The number of imidazole rings is 1. The lowest BCUT2D eigenvalue weighted by Gasteiger charge is -1.97. The van der Waals surface area contributed by atoms with Crippen LogP contribution in [0, 0.1) is 0 Å². The maximum atomic E-state index is 4.34. The molecule has 0 saturated heterocycles. The largest absolute Gasteiger partial charge is 0.355 e. The summed E-state index contributed by atoms with van der Waals surface area (Å²) in [7, 11) is 0. The Hall–Kier alpha value is -2.36. The van der Waals surface area contributed by atoms with Crippen molar-refractivity contribution in [3.8, 4) is 11.3 Å². The van der Waals surface area contributed by atoms with E-state index in [-0.39, 0.29) is 0 Å². The molecule has 0 fully saturated rings. The summed E-state index contributed by atoms with van der Waals surface area (Å²) in [5.74, 6) is 0. The minimum absolute atomic E-state index is 0.827. The van der Waals surface area contributed by atoms with Gasteiger partial charge in [-0.05, 0) is 30.2 Å². The van der Waals surface area contributed by atoms with Crippen LogP contribution in [0.2, 0.25) is 0 Å². The van der Waals surface area contributed by atoms with E-state index in [1.54, 1.807) is 6.33 Å². The Morgan fingerprint density at radius 1 is 1.11 bits per heavy atom. The lowest BCUT2D eigenvalue weighted by molar-refractivity contribution is 1.10. The molecule has 18 heavy (non-hydrogen) atoms. The van der Waals surface area contributed by atoms with Crippen LogP contribution in [0.3, 0.4) is 0 Å². The first kappa shape index (κ1) is 9.65. The van der Waals surface area contributed by atoms with Crippen molar-refractivity contribution < 1.29 is 0 Å². The Morgan fingerprint density at radius 3 is 3.00 bits per heavy atom. The molecule has 0 atom stereocenters. The van der Waals surface area contributed by atoms with Crippen molar-refractivity contribution in [1.29, 1.82) is 0 Å². The Bertz CT molecular complexity index is 805. The second kappa shape index (κ2) is 3.57. The summed E-state index contributed by atoms with van der Waals surface area (Å²) in [5, 5.41) is 2.51. The molecule has 88 valence electrons. The van der Waals surface area contributed by atoms with Crippen LogP contribution >= 0.6 is 0 Å². The number of hydrogen-bond donors (Lipinski definition) is 2. The molecule has 1 aliphatic rings. The molecule has 2 N–H and O–H groups in total. The van der Waals surface area contributed by atoms with E-state index in [4.69, 9.17) is 0 Å². The number of fused-ring (bicyclic) bond motifs is 2. The van der Waals surface area contributed by atoms with Crippen LogP contribution in [-0.4, -0.2) is 19.9 Å². The lowest BCUT2D eigenvalue weighted by Crippen LogP contribution is -2.23. The highest BCUT2D eigenvalue weighted by atomic mass is 14.9. The van der Waals surface area contributed by atoms with Crippen molar-refractivity contribution in [2.45, 2.75) is 12.8 Å². The highest BCUT2D eigenvalue weighted by Gasteiger charge is 2.08. The Balaban J connectivity index is 2.03. The molecule has 3 heterocycles. The molecular formula is C14H12N4. The molecule has 3 aromatic rings. The average Bonchev–Trinajstić information content (AvgIpc) is 3.04. The number of rotatable bonds is 1. The van der Waals surface area contributed by atoms with Crippen LogP contribution in [0.5, 0.6) is 0 Å². The first-order chi connectivity index (χ1) is 8.92. The summed E-state index contributed by atoms with van der Waals surface area (Å²) in [6.45, 7) is 0. The molecule has 3 aromatic heterocycles. The van der Waals surface area contributed by atoms with Crippen molar-refractivity contribution in [2.75, 3.05) is 0 Å². The van der Waals surface area contributed by atoms with Gasteiger partial charge in [-0.15, -0.1) is 0 Å². The molecule has 0 aliphatic heterocycles. The lowest BCUT2D eigenvalue weighted by atomic mass is 10.1. The highest BCUT2D eigenvalue weighted by Crippen LogP contribution is 2.21. The van der Waals surface area contributed by atoms with Gasteiger partial charge in [0.2, 0.25) is 0 Å². The van der Waals surface area contributed by atoms with Crippen LogP contribution in [0.1, 0.15) is 12.8 Å². The second-order valence-electron chi connectivity index (χ2n) is 4.50. The molecule has 0 unspecified atom stereocenters. The molecule has 4 nitrogen and oxygen atoms in total. The smallest absolute Gasteiger partial charge is 0.157 e. The van der Waals surface area contributed by atoms with E-state index in [2.05, 4.69) is 38.2 Å². The molecule has 0 radical (unpaired) electrons. The molecule has 1 aliphatic carbocycles. The van der Waals surface area contributed by atoms with Gasteiger partial charge in [-0.25, -0.2) is 9.97 Å². The van der Waals surface area contributed by atoms with Gasteiger partial charge >= 0.3 is 0 Å². The quantitative estimate of drug-likeness (QED) is 0.669. The first-order valence-corrected chi connectivity index (χ1v) is 6.10. The van der Waals surface area contributed by atoms with E-state index in [0.29, 0.717) is 0 Å². The van der Waals surface area contributed by atoms with Gasteiger partial charge in [0.25, 0.3) is 0 Å². The van der Waals surface area contributed by atoms with Crippen molar-refractivity contribution in [1.82, 2.24) is 19.9 Å². The zero-order valence-electron chi connectivity index (χ0n) is 9.77. The Morgan fingerprint density at radius 2 is 2.06 bits per heavy atom. The predicted octanol–water partition coefficient (Wildman–Crippen LogP) is 1.31. The predicted molar refractivity (Wildman–Crippen MR) is 71.1 cm³/mol. The molecule has 0 saturated carbocycles. The fourth-order valence-electron chi connectivity index (χ4n) is 2.50. The van der Waals surface area contributed by atoms with Gasteiger partial charge in [0.15, 0.2) is 5.65 Å². The van der Waals surface area contributed by atoms with Crippen LogP contribution < -0.4 is 10.6 Å². The summed E-state index contributed by atoms with van der Waals surface area (Å²) >= 11 is 0. The number of hydrogen-bond acceptors (Lipinski definition) is 2. The summed E-state index contributed by atoms with van der Waals surface area (Å²) in [4.78, 5) is 15.1. The average molecular weight is 236 g/mol. The maximum Gasteiger partial charge on any atom is 0.157 e. The molecular weight excluding hydrogens is 224 g/mol. The molecule has 0 spiro atoms. The number of H-pyrrole nitrogens is 2. The number of nitrogens with one attached hydrogen (secondary N) is 2. The topological polar surface area (TPSA) is 57.4 Å². The second-order valence-corrected chi connectivity index (χ2v) is 4.50. The number of aromatic nitrogens is 4. The van der Waals surface area contributed by atoms with E-state index < -0.39 is 0 Å². The third-order valence-electron chi connectivity index (χ3n) is 3.37. The fourth-order valence-corrected chi connectivity index (χ4v) is 2.50. The van der Waals surface area contributed by atoms with Crippen LogP contribution in [0.25, 0.3) is 34.6 Å². The minimum atomic E-state index is 0.827. The first-order valence-electron chi connectivity index (χ1n) is 6.10. The Labute approximate surface area is 103 Å². The van der Waals surface area contributed by atoms with Crippen LogP contribution in [-0.2, 0) is 0 Å². The number of pyridine rings is 1. The van der Waals surface area contributed by atoms with E-state index >= 15 is 0 Å². The van der Waals surface area contributed by atoms with Crippen molar-refractivity contribution in [3.05, 3.63) is 35.2 Å². The third kappa shape index (κ3) is 1.32. The SMILES string of the molecule is C1=c2cc(-c3ccnc4[nH]cnc34)[nH]c2=CCC1. The standard InChI is InChI=1S/C14H12N4/c1-2-4-11-9(3-1)7-12(18-11)10-5-6-15-14-13(10)16-8-17-14/h3-8,18H,1-2H2,(H,15,16,17). The van der Waals surface area contributed by atoms with Crippen LogP contribution in [0.15, 0.2) is 24.7 Å². The van der Waals surface area contributed by atoms with Gasteiger partial charge in [-0.1, -0.05) is 12.2 Å². The van der Waals surface area contributed by atoms with Gasteiger partial charge in [0.1, 0.15) is 5.52 Å². The third-order valence-corrected chi connectivity index (χ3v) is 3.37. The molecule has 0 bridgehead atoms. The van der Waals surface area contributed by atoms with Gasteiger partial charge in [0.05, 0.1) is 6.33 Å². The Kier molecular flexibility index (Phi) is 1.91. The van der Waals surface area contributed by atoms with Crippen molar-refractivity contribution in [2.24, 2.45) is 0 Å². The zero-order valence-corrected chi connectivity index (χ0v) is 9.77. The van der Waals surface area contributed by atoms with Gasteiger partial charge in [0, 0.05) is 22.8 Å².